The summed E-state index contributed by atoms with van der Waals surface area (Å²) in [6, 6.07) is 27.4. The van der Waals surface area contributed by atoms with Crippen LogP contribution in [0.25, 0.3) is 0 Å². The van der Waals surface area contributed by atoms with Crippen molar-refractivity contribution >= 4 is 5.91 Å². The van der Waals surface area contributed by atoms with E-state index in [2.05, 4.69) is 22.8 Å². The normalized spacial score (nSPS) is 11.6. The van der Waals surface area contributed by atoms with Crippen LogP contribution in [0.4, 0.5) is 0 Å². The maximum atomic E-state index is 12.8. The Labute approximate surface area is 166 Å². The topological polar surface area (TPSA) is 50.4 Å². The van der Waals surface area contributed by atoms with Crippen molar-refractivity contribution in [2.75, 3.05) is 13.6 Å². The fourth-order valence-corrected chi connectivity index (χ4v) is 3.02. The summed E-state index contributed by atoms with van der Waals surface area (Å²) in [4.78, 5) is 12.8. The predicted molar refractivity (Wildman–Crippen MR) is 112 cm³/mol. The van der Waals surface area contributed by atoms with Crippen LogP contribution >= 0.6 is 0 Å². The van der Waals surface area contributed by atoms with Crippen molar-refractivity contribution < 1.29 is 9.53 Å². The van der Waals surface area contributed by atoms with Crippen LogP contribution in [0.3, 0.4) is 0 Å². The highest BCUT2D eigenvalue weighted by Crippen LogP contribution is 2.27. The van der Waals surface area contributed by atoms with Gasteiger partial charge in [-0.15, -0.1) is 0 Å². The Morgan fingerprint density at radius 2 is 1.54 bits per heavy atom. The molecule has 4 heteroatoms. The summed E-state index contributed by atoms with van der Waals surface area (Å²) >= 11 is 0. The van der Waals surface area contributed by atoms with Crippen LogP contribution in [0.15, 0.2) is 84.9 Å². The molecule has 1 atom stereocenters. The molecule has 1 unspecified atom stereocenters. The van der Waals surface area contributed by atoms with E-state index in [0.717, 1.165) is 24.1 Å². The first-order chi connectivity index (χ1) is 13.8. The van der Waals surface area contributed by atoms with Crippen molar-refractivity contribution in [1.29, 1.82) is 0 Å². The van der Waals surface area contributed by atoms with Crippen LogP contribution in [0.2, 0.25) is 0 Å². The zero-order valence-electron chi connectivity index (χ0n) is 16.1. The van der Waals surface area contributed by atoms with E-state index in [1.165, 1.54) is 0 Å². The van der Waals surface area contributed by atoms with E-state index in [9.17, 15) is 4.79 Å². The average Bonchev–Trinajstić information content (AvgIpc) is 2.76. The Morgan fingerprint density at radius 1 is 0.893 bits per heavy atom. The van der Waals surface area contributed by atoms with Crippen LogP contribution in [0.5, 0.6) is 5.75 Å². The van der Waals surface area contributed by atoms with Gasteiger partial charge in [-0.1, -0.05) is 72.8 Å². The van der Waals surface area contributed by atoms with Crippen LogP contribution in [0.1, 0.15) is 34.0 Å². The highest BCUT2D eigenvalue weighted by atomic mass is 16.5. The average molecular weight is 374 g/mol. The summed E-state index contributed by atoms with van der Waals surface area (Å²) < 4.78 is 6.31. The maximum absolute atomic E-state index is 12.8. The lowest BCUT2D eigenvalue weighted by atomic mass is 10.1. The van der Waals surface area contributed by atoms with Gasteiger partial charge in [-0.2, -0.15) is 0 Å². The second-order valence-corrected chi connectivity index (χ2v) is 6.57. The number of hydrogen-bond donors (Lipinski definition) is 2. The molecule has 0 aromatic heterocycles. The summed E-state index contributed by atoms with van der Waals surface area (Å²) in [6.07, 6.45) is 0.678. The van der Waals surface area contributed by atoms with Crippen molar-refractivity contribution in [3.63, 3.8) is 0 Å². The highest BCUT2D eigenvalue weighted by molar-refractivity contribution is 5.96. The number of benzene rings is 3. The zero-order valence-corrected chi connectivity index (χ0v) is 16.1. The summed E-state index contributed by atoms with van der Waals surface area (Å²) in [5.41, 5.74) is 2.70. The molecule has 3 rings (SSSR count). The van der Waals surface area contributed by atoms with Gasteiger partial charge in [0.2, 0.25) is 0 Å². The molecule has 0 aliphatic rings. The molecule has 28 heavy (non-hydrogen) atoms. The van der Waals surface area contributed by atoms with Gasteiger partial charge in [-0.3, -0.25) is 4.79 Å². The van der Waals surface area contributed by atoms with E-state index < -0.39 is 0 Å². The SMILES string of the molecule is CNCCC(Oc1ccccc1C(=O)NCc1ccccc1)c1ccccc1. The molecule has 3 aromatic rings. The molecular weight excluding hydrogens is 348 g/mol. The zero-order chi connectivity index (χ0) is 19.6. The molecule has 0 aliphatic heterocycles. The Hall–Kier alpha value is -3.11. The van der Waals surface area contributed by atoms with Gasteiger partial charge in [0.15, 0.2) is 0 Å². The smallest absolute Gasteiger partial charge is 0.255 e. The molecule has 0 radical (unpaired) electrons. The minimum absolute atomic E-state index is 0.128. The van der Waals surface area contributed by atoms with Gasteiger partial charge in [0.1, 0.15) is 11.9 Å². The molecular formula is C24H26N2O2. The lowest BCUT2D eigenvalue weighted by Crippen LogP contribution is -2.24. The molecule has 0 aliphatic carbocycles. The van der Waals surface area contributed by atoms with Gasteiger partial charge in [-0.25, -0.2) is 0 Å². The molecule has 2 N–H and O–H groups in total. The number of carbonyl (C=O) groups is 1. The summed E-state index contributed by atoms with van der Waals surface area (Å²) in [7, 11) is 1.92. The van der Waals surface area contributed by atoms with E-state index in [0.29, 0.717) is 17.9 Å². The second kappa shape index (κ2) is 10.3. The van der Waals surface area contributed by atoms with Crippen molar-refractivity contribution in [3.8, 4) is 5.75 Å². The van der Waals surface area contributed by atoms with Crippen molar-refractivity contribution in [2.45, 2.75) is 19.1 Å². The van der Waals surface area contributed by atoms with Gasteiger partial charge in [0, 0.05) is 13.0 Å². The summed E-state index contributed by atoms with van der Waals surface area (Å²) in [5, 5.41) is 6.15. The van der Waals surface area contributed by atoms with E-state index in [4.69, 9.17) is 4.74 Å². The molecule has 144 valence electrons. The third kappa shape index (κ3) is 5.44. The van der Waals surface area contributed by atoms with Crippen LogP contribution in [-0.4, -0.2) is 19.5 Å². The van der Waals surface area contributed by atoms with Gasteiger partial charge in [0.25, 0.3) is 5.91 Å². The Balaban J connectivity index is 1.75. The van der Waals surface area contributed by atoms with Crippen LogP contribution in [-0.2, 0) is 6.54 Å². The first kappa shape index (κ1) is 19.6. The molecule has 0 heterocycles. The number of amides is 1. The monoisotopic (exact) mass is 374 g/mol. The molecule has 3 aromatic carbocycles. The van der Waals surface area contributed by atoms with Crippen molar-refractivity contribution in [3.05, 3.63) is 102 Å². The third-order valence-corrected chi connectivity index (χ3v) is 4.52. The molecule has 0 fully saturated rings. The van der Waals surface area contributed by atoms with Gasteiger partial charge >= 0.3 is 0 Å². The largest absolute Gasteiger partial charge is 0.485 e. The Morgan fingerprint density at radius 3 is 2.25 bits per heavy atom. The first-order valence-corrected chi connectivity index (χ1v) is 9.55. The molecule has 0 saturated carbocycles. The number of hydrogen-bond acceptors (Lipinski definition) is 3. The number of carbonyl (C=O) groups excluding carboxylic acids is 1. The van der Waals surface area contributed by atoms with E-state index in [1.54, 1.807) is 6.07 Å². The van der Waals surface area contributed by atoms with Gasteiger partial charge < -0.3 is 15.4 Å². The van der Waals surface area contributed by atoms with Crippen molar-refractivity contribution in [1.82, 2.24) is 10.6 Å². The second-order valence-electron chi connectivity index (χ2n) is 6.57. The maximum Gasteiger partial charge on any atom is 0.255 e. The van der Waals surface area contributed by atoms with Crippen molar-refractivity contribution in [2.24, 2.45) is 0 Å². The lowest BCUT2D eigenvalue weighted by molar-refractivity contribution is 0.0942. The first-order valence-electron chi connectivity index (χ1n) is 9.55. The lowest BCUT2D eigenvalue weighted by Gasteiger charge is -2.21. The summed E-state index contributed by atoms with van der Waals surface area (Å²) in [6.45, 7) is 1.30. The minimum atomic E-state index is -0.139. The number of ether oxygens (including phenoxy) is 1. The quantitative estimate of drug-likeness (QED) is 0.586. The standard InChI is InChI=1S/C24H26N2O2/c1-25-17-16-22(20-12-6-3-7-13-20)28-23-15-9-8-14-21(23)24(27)26-18-19-10-4-2-5-11-19/h2-15,22,25H,16-18H2,1H3,(H,26,27). The van der Waals surface area contributed by atoms with E-state index >= 15 is 0 Å². The van der Waals surface area contributed by atoms with E-state index in [-0.39, 0.29) is 12.0 Å². The number of rotatable bonds is 9. The number of nitrogens with one attached hydrogen (secondary N) is 2. The number of para-hydroxylation sites is 1. The fraction of sp³-hybridized carbons (Fsp3) is 0.208. The predicted octanol–water partition coefficient (Wildman–Crippen LogP) is 4.35. The van der Waals surface area contributed by atoms with Crippen LogP contribution in [0, 0.1) is 0 Å². The third-order valence-electron chi connectivity index (χ3n) is 4.52. The van der Waals surface area contributed by atoms with Crippen LogP contribution < -0.4 is 15.4 Å². The molecule has 0 saturated heterocycles. The Bertz CT molecular complexity index is 866. The summed E-state index contributed by atoms with van der Waals surface area (Å²) in [5.74, 6) is 0.456. The Kier molecular flexibility index (Phi) is 7.21. The minimum Gasteiger partial charge on any atom is -0.485 e. The van der Waals surface area contributed by atoms with Gasteiger partial charge in [0.05, 0.1) is 5.56 Å². The van der Waals surface area contributed by atoms with E-state index in [1.807, 2.05) is 73.8 Å². The molecule has 0 bridgehead atoms. The molecule has 0 spiro atoms. The fourth-order valence-electron chi connectivity index (χ4n) is 3.02. The van der Waals surface area contributed by atoms with Gasteiger partial charge in [-0.05, 0) is 36.9 Å². The highest BCUT2D eigenvalue weighted by Gasteiger charge is 2.18. The molecule has 4 nitrogen and oxygen atoms in total. The molecule has 1 amide bonds.